The molecule has 0 radical (unpaired) electrons. The van der Waals surface area contributed by atoms with E-state index in [1.165, 1.54) is 12.1 Å². The molecule has 232 valence electrons. The number of carbonyl (C=O) groups is 4. The lowest BCUT2D eigenvalue weighted by Gasteiger charge is -2.24. The number of benzene rings is 1. The van der Waals surface area contributed by atoms with Crippen molar-refractivity contribution in [1.29, 1.82) is 0 Å². The second-order valence-electron chi connectivity index (χ2n) is 12.9. The Morgan fingerprint density at radius 3 is 1.76 bits per heavy atom. The Balaban J connectivity index is 3.00. The van der Waals surface area contributed by atoms with Crippen LogP contribution in [-0.2, 0) is 35.0 Å². The van der Waals surface area contributed by atoms with Gasteiger partial charge in [-0.15, -0.1) is 0 Å². The van der Waals surface area contributed by atoms with Crippen LogP contribution in [0.2, 0.25) is 0 Å². The molecule has 0 aliphatic carbocycles. The molecule has 0 amide bonds. The second kappa shape index (κ2) is 14.7. The molecular weight excluding hydrogens is 530 g/mol. The van der Waals surface area contributed by atoms with Crippen molar-refractivity contribution in [2.45, 2.75) is 114 Å². The molecule has 0 bridgehead atoms. The predicted molar refractivity (Wildman–Crippen MR) is 154 cm³/mol. The van der Waals surface area contributed by atoms with E-state index in [1.807, 2.05) is 34.6 Å². The highest BCUT2D eigenvalue weighted by Gasteiger charge is 2.32. The number of esters is 3. The summed E-state index contributed by atoms with van der Waals surface area (Å²) < 4.78 is 27.0. The van der Waals surface area contributed by atoms with Crippen LogP contribution in [-0.4, -0.2) is 48.9 Å². The maximum absolute atomic E-state index is 12.8. The molecule has 0 heterocycles. The highest BCUT2D eigenvalue weighted by Crippen LogP contribution is 2.34. The van der Waals surface area contributed by atoms with Crippen LogP contribution in [0.15, 0.2) is 18.2 Å². The van der Waals surface area contributed by atoms with Crippen LogP contribution in [0, 0.1) is 16.2 Å². The molecule has 0 fully saturated rings. The molecule has 3 atom stereocenters. The van der Waals surface area contributed by atoms with Gasteiger partial charge in [0, 0.05) is 0 Å². The van der Waals surface area contributed by atoms with Crippen molar-refractivity contribution in [2.75, 3.05) is 6.61 Å². The Kier molecular flexibility index (Phi) is 12.8. The van der Waals surface area contributed by atoms with Crippen LogP contribution >= 0.6 is 0 Å². The maximum Gasteiger partial charge on any atom is 0.508 e. The lowest BCUT2D eigenvalue weighted by molar-refractivity contribution is -0.155. The van der Waals surface area contributed by atoms with Gasteiger partial charge in [0.25, 0.3) is 0 Å². The highest BCUT2D eigenvalue weighted by molar-refractivity contribution is 5.81. The van der Waals surface area contributed by atoms with Crippen molar-refractivity contribution < 1.29 is 42.9 Å². The molecule has 41 heavy (non-hydrogen) atoms. The predicted octanol–water partition coefficient (Wildman–Crippen LogP) is 5.76. The summed E-state index contributed by atoms with van der Waals surface area (Å²) in [7, 11) is 0. The molecule has 1 aromatic rings. The van der Waals surface area contributed by atoms with Gasteiger partial charge in [0.05, 0.1) is 17.4 Å². The van der Waals surface area contributed by atoms with Crippen molar-refractivity contribution >= 4 is 24.1 Å². The van der Waals surface area contributed by atoms with Gasteiger partial charge in [0.15, 0.2) is 11.5 Å². The average Bonchev–Trinajstić information content (AvgIpc) is 2.88. The zero-order valence-electron chi connectivity index (χ0n) is 26.5. The Morgan fingerprint density at radius 1 is 0.780 bits per heavy atom. The van der Waals surface area contributed by atoms with E-state index in [-0.39, 0.29) is 29.9 Å². The molecular formula is C31H49NO9. The summed E-state index contributed by atoms with van der Waals surface area (Å²) in [5.41, 5.74) is 4.96. The number of rotatable bonds is 13. The van der Waals surface area contributed by atoms with E-state index in [0.29, 0.717) is 18.4 Å². The molecule has 1 rings (SSSR count). The van der Waals surface area contributed by atoms with Gasteiger partial charge in [-0.3, -0.25) is 14.4 Å². The van der Waals surface area contributed by atoms with Crippen LogP contribution in [0.4, 0.5) is 4.79 Å². The fourth-order valence-electron chi connectivity index (χ4n) is 2.87. The molecule has 10 heteroatoms. The number of carbonyl (C=O) groups excluding carboxylic acids is 4. The third-order valence-corrected chi connectivity index (χ3v) is 6.91. The number of hydrogen-bond acceptors (Lipinski definition) is 10. The Labute approximate surface area is 244 Å². The zero-order valence-corrected chi connectivity index (χ0v) is 26.5. The van der Waals surface area contributed by atoms with Crippen LogP contribution in [0.1, 0.15) is 94.6 Å². The van der Waals surface area contributed by atoms with Gasteiger partial charge in [0.2, 0.25) is 0 Å². The maximum atomic E-state index is 12.8. The molecule has 2 N–H and O–H groups in total. The SMILES string of the molecule is CCC(C)(C)C(=O)Oc1ccc(C[C@H](N)C(=O)O[C@@H](C)[C@H](C)OC(=O)OCC(C)(C)C)cc1OC(=O)C(C)(C)CC. The molecule has 0 saturated carbocycles. The Hall–Kier alpha value is -3.14. The molecule has 0 saturated heterocycles. The van der Waals surface area contributed by atoms with Gasteiger partial charge >= 0.3 is 24.1 Å². The van der Waals surface area contributed by atoms with E-state index in [1.54, 1.807) is 47.6 Å². The first kappa shape index (κ1) is 35.9. The summed E-state index contributed by atoms with van der Waals surface area (Å²) >= 11 is 0. The van der Waals surface area contributed by atoms with E-state index in [4.69, 9.17) is 29.4 Å². The van der Waals surface area contributed by atoms with Crippen molar-refractivity contribution in [1.82, 2.24) is 0 Å². The van der Waals surface area contributed by atoms with Gasteiger partial charge in [-0.25, -0.2) is 4.79 Å². The summed E-state index contributed by atoms with van der Waals surface area (Å²) in [4.78, 5) is 50.2. The summed E-state index contributed by atoms with van der Waals surface area (Å²) in [5.74, 6) is -1.51. The number of nitrogens with two attached hydrogens (primary N) is 1. The molecule has 0 aliphatic rings. The fourth-order valence-corrected chi connectivity index (χ4v) is 2.87. The molecule has 10 nitrogen and oxygen atoms in total. The first-order chi connectivity index (χ1) is 18.7. The molecule has 0 unspecified atom stereocenters. The van der Waals surface area contributed by atoms with Crippen molar-refractivity contribution in [3.05, 3.63) is 23.8 Å². The van der Waals surface area contributed by atoms with E-state index < -0.39 is 53.1 Å². The van der Waals surface area contributed by atoms with Crippen molar-refractivity contribution in [3.63, 3.8) is 0 Å². The Bertz CT molecular complexity index is 1070. The van der Waals surface area contributed by atoms with E-state index in [0.717, 1.165) is 0 Å². The first-order valence-electron chi connectivity index (χ1n) is 14.1. The molecule has 0 aromatic heterocycles. The topological polar surface area (TPSA) is 140 Å². The second-order valence-corrected chi connectivity index (χ2v) is 12.9. The van der Waals surface area contributed by atoms with Crippen LogP contribution in [0.5, 0.6) is 11.5 Å². The van der Waals surface area contributed by atoms with Gasteiger partial charge in [-0.05, 0) is 83.9 Å². The monoisotopic (exact) mass is 579 g/mol. The van der Waals surface area contributed by atoms with E-state index >= 15 is 0 Å². The van der Waals surface area contributed by atoms with Crippen LogP contribution in [0.3, 0.4) is 0 Å². The minimum absolute atomic E-state index is 0.0464. The smallest absolute Gasteiger partial charge is 0.458 e. The van der Waals surface area contributed by atoms with E-state index in [9.17, 15) is 19.2 Å². The van der Waals surface area contributed by atoms with Gasteiger partial charge in [-0.1, -0.05) is 40.7 Å². The third kappa shape index (κ3) is 11.7. The fraction of sp³-hybridized carbons (Fsp3) is 0.677. The van der Waals surface area contributed by atoms with Crippen molar-refractivity contribution in [2.24, 2.45) is 22.0 Å². The summed E-state index contributed by atoms with van der Waals surface area (Å²) in [6.45, 7) is 19.9. The minimum atomic E-state index is -1.07. The normalized spacial score (nSPS) is 14.3. The van der Waals surface area contributed by atoms with Gasteiger partial charge in [-0.2, -0.15) is 0 Å². The lowest BCUT2D eigenvalue weighted by atomic mass is 9.90. The molecule has 0 spiro atoms. The standard InChI is InChI=1S/C31H49NO9/c1-12-30(8,9)26(34)40-23-15-14-21(17-24(23)41-27(35)31(10,11)13-2)16-22(32)25(33)38-19(3)20(4)39-28(36)37-18-29(5,6)7/h14-15,17,19-20,22H,12-13,16,18,32H2,1-11H3/t19-,20-,22-/m0/s1. The average molecular weight is 580 g/mol. The molecule has 1 aromatic carbocycles. The Morgan fingerprint density at radius 2 is 1.27 bits per heavy atom. The van der Waals surface area contributed by atoms with Crippen LogP contribution < -0.4 is 15.2 Å². The minimum Gasteiger partial charge on any atom is -0.458 e. The van der Waals surface area contributed by atoms with Crippen LogP contribution in [0.25, 0.3) is 0 Å². The van der Waals surface area contributed by atoms with Gasteiger partial charge in [0.1, 0.15) is 18.2 Å². The molecule has 0 aliphatic heterocycles. The summed E-state index contributed by atoms with van der Waals surface area (Å²) in [5, 5.41) is 0. The number of ether oxygens (including phenoxy) is 5. The highest BCUT2D eigenvalue weighted by atomic mass is 16.7. The summed E-state index contributed by atoms with van der Waals surface area (Å²) in [6, 6.07) is 3.61. The first-order valence-corrected chi connectivity index (χ1v) is 14.1. The largest absolute Gasteiger partial charge is 0.508 e. The van der Waals surface area contributed by atoms with Gasteiger partial charge < -0.3 is 29.4 Å². The lowest BCUT2D eigenvalue weighted by Crippen LogP contribution is -2.39. The van der Waals surface area contributed by atoms with E-state index in [2.05, 4.69) is 0 Å². The quantitative estimate of drug-likeness (QED) is 0.226. The zero-order chi connectivity index (χ0) is 31.8. The van der Waals surface area contributed by atoms with Crippen molar-refractivity contribution in [3.8, 4) is 11.5 Å². The third-order valence-electron chi connectivity index (χ3n) is 6.91. The summed E-state index contributed by atoms with van der Waals surface area (Å²) in [6.07, 6.45) is -1.27. The number of hydrogen-bond donors (Lipinski definition) is 1.